The monoisotopic (exact) mass is 342 g/mol. The minimum atomic E-state index is 0.237. The van der Waals surface area contributed by atoms with Crippen molar-refractivity contribution in [3.05, 3.63) is 71.9 Å². The third kappa shape index (κ3) is 5.41. The van der Waals surface area contributed by atoms with Crippen LogP contribution in [0, 0.1) is 0 Å². The molecule has 0 bridgehead atoms. The van der Waals surface area contributed by atoms with Gasteiger partial charge in [-0.2, -0.15) is 11.8 Å². The van der Waals surface area contributed by atoms with Gasteiger partial charge in [-0.15, -0.1) is 0 Å². The van der Waals surface area contributed by atoms with Crippen molar-refractivity contribution in [2.24, 2.45) is 5.73 Å². The molecule has 2 aromatic rings. The first-order valence-corrected chi connectivity index (χ1v) is 9.25. The lowest BCUT2D eigenvalue weighted by molar-refractivity contribution is 0.322. The SMILES string of the molecule is C=C(CN)N(C)Cc1cccc(-c2ccc(CSCCO)cc2)c1. The summed E-state index contributed by atoms with van der Waals surface area (Å²) in [7, 11) is 2.01. The number of aliphatic hydroxyl groups is 1. The Kier molecular flexibility index (Phi) is 7.37. The van der Waals surface area contributed by atoms with Crippen LogP contribution in [-0.4, -0.2) is 36.0 Å². The minimum Gasteiger partial charge on any atom is -0.396 e. The predicted octanol–water partition coefficient (Wildman–Crippen LogP) is 3.48. The molecule has 128 valence electrons. The number of nitrogens with zero attached hydrogens (tertiary/aromatic N) is 1. The van der Waals surface area contributed by atoms with Gasteiger partial charge in [-0.3, -0.25) is 0 Å². The van der Waals surface area contributed by atoms with E-state index in [1.54, 1.807) is 11.8 Å². The molecule has 0 amide bonds. The van der Waals surface area contributed by atoms with Gasteiger partial charge in [0.2, 0.25) is 0 Å². The summed E-state index contributed by atoms with van der Waals surface area (Å²) in [6, 6.07) is 17.2. The molecule has 24 heavy (non-hydrogen) atoms. The number of rotatable bonds is 9. The van der Waals surface area contributed by atoms with Crippen LogP contribution in [0.25, 0.3) is 11.1 Å². The van der Waals surface area contributed by atoms with Crippen molar-refractivity contribution < 1.29 is 5.11 Å². The van der Waals surface area contributed by atoms with Gasteiger partial charge in [-0.05, 0) is 28.3 Å². The van der Waals surface area contributed by atoms with Gasteiger partial charge in [0, 0.05) is 37.3 Å². The summed E-state index contributed by atoms with van der Waals surface area (Å²) in [6.45, 7) is 5.49. The molecule has 3 nitrogen and oxygen atoms in total. The van der Waals surface area contributed by atoms with Crippen molar-refractivity contribution in [3.63, 3.8) is 0 Å². The normalized spacial score (nSPS) is 10.6. The Labute approximate surface area is 149 Å². The highest BCUT2D eigenvalue weighted by atomic mass is 32.2. The predicted molar refractivity (Wildman–Crippen MR) is 105 cm³/mol. The van der Waals surface area contributed by atoms with E-state index in [1.165, 1.54) is 22.3 Å². The maximum atomic E-state index is 8.84. The highest BCUT2D eigenvalue weighted by Crippen LogP contribution is 2.23. The van der Waals surface area contributed by atoms with Gasteiger partial charge in [-0.25, -0.2) is 0 Å². The highest BCUT2D eigenvalue weighted by Gasteiger charge is 2.04. The zero-order valence-corrected chi connectivity index (χ0v) is 15.1. The van der Waals surface area contributed by atoms with Crippen molar-refractivity contribution >= 4 is 11.8 Å². The van der Waals surface area contributed by atoms with Gasteiger partial charge in [0.15, 0.2) is 0 Å². The van der Waals surface area contributed by atoms with Crippen LogP contribution in [-0.2, 0) is 12.3 Å². The fourth-order valence-corrected chi connectivity index (χ4v) is 3.14. The quantitative estimate of drug-likeness (QED) is 0.685. The number of likely N-dealkylation sites (N-methyl/N-ethyl adjacent to an activating group) is 1. The van der Waals surface area contributed by atoms with Crippen LogP contribution in [0.1, 0.15) is 11.1 Å². The lowest BCUT2D eigenvalue weighted by Crippen LogP contribution is -2.22. The first-order chi connectivity index (χ1) is 11.6. The molecule has 0 radical (unpaired) electrons. The molecular weight excluding hydrogens is 316 g/mol. The van der Waals surface area contributed by atoms with E-state index in [0.717, 1.165) is 23.7 Å². The largest absolute Gasteiger partial charge is 0.396 e. The van der Waals surface area contributed by atoms with Crippen molar-refractivity contribution in [2.75, 3.05) is 26.0 Å². The standard InChI is InChI=1S/C20H26N2OS/c1-16(13-21)22(2)14-18-4-3-5-20(12-18)19-8-6-17(7-9-19)15-24-11-10-23/h3-9,12,23H,1,10-11,13-15,21H2,2H3. The maximum Gasteiger partial charge on any atom is 0.0521 e. The molecule has 0 unspecified atom stereocenters. The summed E-state index contributed by atoms with van der Waals surface area (Å²) < 4.78 is 0. The second-order valence-electron chi connectivity index (χ2n) is 5.80. The van der Waals surface area contributed by atoms with Gasteiger partial charge in [0.25, 0.3) is 0 Å². The van der Waals surface area contributed by atoms with Crippen molar-refractivity contribution in [1.82, 2.24) is 4.90 Å². The Morgan fingerprint density at radius 1 is 1.12 bits per heavy atom. The molecule has 0 saturated heterocycles. The summed E-state index contributed by atoms with van der Waals surface area (Å²) in [6.07, 6.45) is 0. The van der Waals surface area contributed by atoms with Gasteiger partial charge in [0.05, 0.1) is 6.61 Å². The highest BCUT2D eigenvalue weighted by molar-refractivity contribution is 7.98. The molecular formula is C20H26N2OS. The van der Waals surface area contributed by atoms with Crippen LogP contribution < -0.4 is 5.73 Å². The molecule has 4 heteroatoms. The lowest BCUT2D eigenvalue weighted by Gasteiger charge is -2.21. The van der Waals surface area contributed by atoms with Crippen LogP contribution in [0.5, 0.6) is 0 Å². The average Bonchev–Trinajstić information content (AvgIpc) is 2.62. The minimum absolute atomic E-state index is 0.237. The number of aliphatic hydroxyl groups excluding tert-OH is 1. The van der Waals surface area contributed by atoms with Crippen molar-refractivity contribution in [3.8, 4) is 11.1 Å². The van der Waals surface area contributed by atoms with Crippen LogP contribution >= 0.6 is 11.8 Å². The van der Waals surface area contributed by atoms with E-state index in [0.29, 0.717) is 6.54 Å². The van der Waals surface area contributed by atoms with Crippen LogP contribution in [0.4, 0.5) is 0 Å². The molecule has 3 N–H and O–H groups in total. The summed E-state index contributed by atoms with van der Waals surface area (Å²) in [4.78, 5) is 2.08. The first kappa shape index (κ1) is 18.6. The van der Waals surface area contributed by atoms with Gasteiger partial charge >= 0.3 is 0 Å². The second kappa shape index (κ2) is 9.52. The summed E-state index contributed by atoms with van der Waals surface area (Å²) in [5.74, 6) is 1.72. The third-order valence-electron chi connectivity index (χ3n) is 3.91. The number of hydrogen-bond acceptors (Lipinski definition) is 4. The molecule has 0 heterocycles. The lowest BCUT2D eigenvalue weighted by atomic mass is 10.0. The average molecular weight is 343 g/mol. The fraction of sp³-hybridized carbons (Fsp3) is 0.300. The van der Waals surface area contributed by atoms with Gasteiger partial charge in [-0.1, -0.05) is 49.0 Å². The Bertz CT molecular complexity index is 655. The number of hydrogen-bond donors (Lipinski definition) is 2. The molecule has 0 aliphatic rings. The molecule has 0 aliphatic carbocycles. The molecule has 0 fully saturated rings. The van der Waals surface area contributed by atoms with Crippen LogP contribution in [0.3, 0.4) is 0 Å². The smallest absolute Gasteiger partial charge is 0.0521 e. The van der Waals surface area contributed by atoms with Gasteiger partial charge in [0.1, 0.15) is 0 Å². The van der Waals surface area contributed by atoms with E-state index in [1.807, 2.05) is 7.05 Å². The zero-order valence-electron chi connectivity index (χ0n) is 14.2. The van der Waals surface area contributed by atoms with E-state index >= 15 is 0 Å². The zero-order chi connectivity index (χ0) is 17.4. The number of thioether (sulfide) groups is 1. The molecule has 2 aromatic carbocycles. The molecule has 0 aliphatic heterocycles. The maximum absolute atomic E-state index is 8.84. The first-order valence-electron chi connectivity index (χ1n) is 8.10. The summed E-state index contributed by atoms with van der Waals surface area (Å²) in [5.41, 5.74) is 11.5. The number of nitrogens with two attached hydrogens (primary N) is 1. The van der Waals surface area contributed by atoms with E-state index in [-0.39, 0.29) is 6.61 Å². The Morgan fingerprint density at radius 2 is 1.88 bits per heavy atom. The van der Waals surface area contributed by atoms with Crippen LogP contribution in [0.15, 0.2) is 60.8 Å². The van der Waals surface area contributed by atoms with Crippen molar-refractivity contribution in [1.29, 1.82) is 0 Å². The van der Waals surface area contributed by atoms with E-state index in [2.05, 4.69) is 60.0 Å². The molecule has 0 spiro atoms. The van der Waals surface area contributed by atoms with E-state index < -0.39 is 0 Å². The van der Waals surface area contributed by atoms with Gasteiger partial charge < -0.3 is 15.7 Å². The Balaban J connectivity index is 2.06. The second-order valence-corrected chi connectivity index (χ2v) is 6.91. The topological polar surface area (TPSA) is 49.5 Å². The molecule has 0 saturated carbocycles. The van der Waals surface area contributed by atoms with Crippen LogP contribution in [0.2, 0.25) is 0 Å². The Hall–Kier alpha value is -1.75. The summed E-state index contributed by atoms with van der Waals surface area (Å²) in [5, 5.41) is 8.84. The molecule has 2 rings (SSSR count). The Morgan fingerprint density at radius 3 is 2.54 bits per heavy atom. The fourth-order valence-electron chi connectivity index (χ4n) is 2.44. The molecule has 0 atom stereocenters. The third-order valence-corrected chi connectivity index (χ3v) is 4.92. The summed E-state index contributed by atoms with van der Waals surface area (Å²) >= 11 is 1.75. The number of benzene rings is 2. The van der Waals surface area contributed by atoms with Crippen molar-refractivity contribution in [2.45, 2.75) is 12.3 Å². The molecule has 0 aromatic heterocycles. The van der Waals surface area contributed by atoms with E-state index in [4.69, 9.17) is 10.8 Å². The van der Waals surface area contributed by atoms with E-state index in [9.17, 15) is 0 Å².